The first kappa shape index (κ1) is 7.80. The fraction of sp³-hybridized carbons (Fsp3) is 0.667. The molecule has 0 amide bonds. The lowest BCUT2D eigenvalue weighted by molar-refractivity contribution is -0.151. The van der Waals surface area contributed by atoms with Gasteiger partial charge in [-0.2, -0.15) is 0 Å². The second-order valence-electron chi connectivity index (χ2n) is 3.37. The summed E-state index contributed by atoms with van der Waals surface area (Å²) in [6, 6.07) is 0. The zero-order valence-corrected chi connectivity index (χ0v) is 7.03. The van der Waals surface area contributed by atoms with Crippen molar-refractivity contribution in [2.75, 3.05) is 6.61 Å². The van der Waals surface area contributed by atoms with E-state index in [4.69, 9.17) is 9.47 Å². The van der Waals surface area contributed by atoms with E-state index in [2.05, 4.69) is 0 Å². The van der Waals surface area contributed by atoms with Crippen molar-refractivity contribution >= 4 is 5.97 Å². The third-order valence-electron chi connectivity index (χ3n) is 2.36. The number of rotatable bonds is 0. The highest BCUT2D eigenvalue weighted by molar-refractivity contribution is 5.77. The molecule has 2 heterocycles. The molecule has 0 aromatic rings. The Morgan fingerprint density at radius 2 is 2.42 bits per heavy atom. The third-order valence-corrected chi connectivity index (χ3v) is 2.36. The quantitative estimate of drug-likeness (QED) is 0.398. The van der Waals surface area contributed by atoms with E-state index in [0.717, 1.165) is 6.42 Å². The minimum Gasteiger partial charge on any atom is -0.463 e. The van der Waals surface area contributed by atoms with Gasteiger partial charge in [-0.05, 0) is 12.5 Å². The van der Waals surface area contributed by atoms with Gasteiger partial charge in [0.1, 0.15) is 0 Å². The maximum Gasteiger partial charge on any atom is 0.339 e. The van der Waals surface area contributed by atoms with Gasteiger partial charge in [0.15, 0.2) is 6.10 Å². The molecule has 0 N–H and O–H groups in total. The largest absolute Gasteiger partial charge is 0.463 e. The van der Waals surface area contributed by atoms with Crippen LogP contribution in [0.3, 0.4) is 0 Å². The molecule has 2 aliphatic rings. The van der Waals surface area contributed by atoms with E-state index in [1.54, 1.807) is 6.08 Å². The molecule has 66 valence electrons. The van der Waals surface area contributed by atoms with Crippen molar-refractivity contribution in [1.82, 2.24) is 0 Å². The zero-order chi connectivity index (χ0) is 8.55. The fourth-order valence-electron chi connectivity index (χ4n) is 1.53. The van der Waals surface area contributed by atoms with Crippen molar-refractivity contribution in [3.8, 4) is 0 Å². The molecule has 2 rings (SSSR count). The number of hydrogen-bond donors (Lipinski definition) is 0. The standard InChI is InChI=1S/C9H12O3/c1-6-5-11-9(10)8-4-2-3-7(6)12-8/h2,4,6-8H,3,5H2,1H3/t6?,7?,8-/m1/s1. The number of esters is 1. The van der Waals surface area contributed by atoms with Gasteiger partial charge in [-0.1, -0.05) is 13.0 Å². The lowest BCUT2D eigenvalue weighted by Crippen LogP contribution is -2.30. The number of cyclic esters (lactones) is 1. The van der Waals surface area contributed by atoms with Crippen LogP contribution in [-0.4, -0.2) is 24.8 Å². The third kappa shape index (κ3) is 1.25. The predicted octanol–water partition coefficient (Wildman–Crippen LogP) is 0.893. The van der Waals surface area contributed by atoms with Crippen LogP contribution in [0, 0.1) is 5.92 Å². The van der Waals surface area contributed by atoms with E-state index in [1.165, 1.54) is 0 Å². The lowest BCUT2D eigenvalue weighted by Gasteiger charge is -2.23. The van der Waals surface area contributed by atoms with Crippen LogP contribution >= 0.6 is 0 Å². The first-order chi connectivity index (χ1) is 5.77. The minimum absolute atomic E-state index is 0.159. The summed E-state index contributed by atoms with van der Waals surface area (Å²) in [7, 11) is 0. The van der Waals surface area contributed by atoms with Crippen LogP contribution in [0.5, 0.6) is 0 Å². The molecule has 3 nitrogen and oxygen atoms in total. The molecule has 2 bridgehead atoms. The second-order valence-corrected chi connectivity index (χ2v) is 3.37. The number of hydrogen-bond acceptors (Lipinski definition) is 3. The summed E-state index contributed by atoms with van der Waals surface area (Å²) in [5.74, 6) is 0.0594. The van der Waals surface area contributed by atoms with E-state index in [1.807, 2.05) is 13.0 Å². The number of carbonyl (C=O) groups excluding carboxylic acids is 1. The zero-order valence-electron chi connectivity index (χ0n) is 7.03. The van der Waals surface area contributed by atoms with Crippen LogP contribution in [0.15, 0.2) is 12.2 Å². The molecule has 2 aliphatic heterocycles. The van der Waals surface area contributed by atoms with Crippen molar-refractivity contribution in [2.24, 2.45) is 5.92 Å². The molecule has 0 aromatic heterocycles. The molecular formula is C9H12O3. The summed E-state index contributed by atoms with van der Waals surface area (Å²) >= 11 is 0. The topological polar surface area (TPSA) is 35.5 Å². The van der Waals surface area contributed by atoms with Gasteiger partial charge >= 0.3 is 5.97 Å². The Hall–Kier alpha value is -0.830. The van der Waals surface area contributed by atoms with E-state index in [-0.39, 0.29) is 12.1 Å². The van der Waals surface area contributed by atoms with Crippen molar-refractivity contribution in [1.29, 1.82) is 0 Å². The Morgan fingerprint density at radius 3 is 3.25 bits per heavy atom. The molecular weight excluding hydrogens is 156 g/mol. The van der Waals surface area contributed by atoms with Crippen LogP contribution in [0.2, 0.25) is 0 Å². The number of ether oxygens (including phenoxy) is 2. The summed E-state index contributed by atoms with van der Waals surface area (Å²) in [4.78, 5) is 11.2. The summed E-state index contributed by atoms with van der Waals surface area (Å²) in [6.07, 6.45) is 4.38. The van der Waals surface area contributed by atoms with Gasteiger partial charge in [0, 0.05) is 5.92 Å². The van der Waals surface area contributed by atoms with Crippen molar-refractivity contribution in [3.63, 3.8) is 0 Å². The highest BCUT2D eigenvalue weighted by Gasteiger charge is 2.32. The molecule has 2 unspecified atom stereocenters. The van der Waals surface area contributed by atoms with Crippen molar-refractivity contribution in [2.45, 2.75) is 25.6 Å². The minimum atomic E-state index is -0.450. The van der Waals surface area contributed by atoms with Crippen molar-refractivity contribution < 1.29 is 14.3 Å². The van der Waals surface area contributed by atoms with Crippen LogP contribution in [0.25, 0.3) is 0 Å². The summed E-state index contributed by atoms with van der Waals surface area (Å²) < 4.78 is 10.5. The molecule has 0 saturated carbocycles. The highest BCUT2D eigenvalue weighted by atomic mass is 16.6. The average Bonchev–Trinajstić information content (AvgIpc) is 2.20. The van der Waals surface area contributed by atoms with Crippen molar-refractivity contribution in [3.05, 3.63) is 12.2 Å². The van der Waals surface area contributed by atoms with Crippen LogP contribution in [-0.2, 0) is 14.3 Å². The Kier molecular flexibility index (Phi) is 1.89. The van der Waals surface area contributed by atoms with Gasteiger partial charge < -0.3 is 9.47 Å². The molecule has 1 saturated heterocycles. The molecule has 0 aromatic carbocycles. The lowest BCUT2D eigenvalue weighted by atomic mass is 10.0. The molecule has 1 fully saturated rings. The summed E-state index contributed by atoms with van der Waals surface area (Å²) in [5, 5.41) is 0. The first-order valence-corrected chi connectivity index (χ1v) is 4.26. The van der Waals surface area contributed by atoms with Gasteiger partial charge in [-0.25, -0.2) is 4.79 Å². The maximum atomic E-state index is 11.2. The summed E-state index contributed by atoms with van der Waals surface area (Å²) in [6.45, 7) is 2.53. The van der Waals surface area contributed by atoms with Gasteiger partial charge in [-0.15, -0.1) is 0 Å². The summed E-state index contributed by atoms with van der Waals surface area (Å²) in [5.41, 5.74) is 0. The second kappa shape index (κ2) is 2.90. The first-order valence-electron chi connectivity index (χ1n) is 4.26. The highest BCUT2D eigenvalue weighted by Crippen LogP contribution is 2.23. The molecule has 0 aliphatic carbocycles. The van der Waals surface area contributed by atoms with E-state index >= 15 is 0 Å². The maximum absolute atomic E-state index is 11.2. The van der Waals surface area contributed by atoms with Crippen LogP contribution in [0.1, 0.15) is 13.3 Å². The van der Waals surface area contributed by atoms with E-state index in [0.29, 0.717) is 12.5 Å². The molecule has 0 radical (unpaired) electrons. The smallest absolute Gasteiger partial charge is 0.339 e. The Morgan fingerprint density at radius 1 is 1.58 bits per heavy atom. The predicted molar refractivity (Wildman–Crippen MR) is 42.5 cm³/mol. The van der Waals surface area contributed by atoms with Gasteiger partial charge in [-0.3, -0.25) is 0 Å². The van der Waals surface area contributed by atoms with E-state index < -0.39 is 6.10 Å². The van der Waals surface area contributed by atoms with E-state index in [9.17, 15) is 4.79 Å². The Labute approximate surface area is 71.3 Å². The molecule has 12 heavy (non-hydrogen) atoms. The van der Waals surface area contributed by atoms with Gasteiger partial charge in [0.05, 0.1) is 12.7 Å². The fourth-order valence-corrected chi connectivity index (χ4v) is 1.53. The Balaban J connectivity index is 2.20. The SMILES string of the molecule is CC1COC(=O)[C@H]2C=CCC1O2. The van der Waals surface area contributed by atoms with Gasteiger partial charge in [0.25, 0.3) is 0 Å². The van der Waals surface area contributed by atoms with Crippen LogP contribution in [0.4, 0.5) is 0 Å². The number of carbonyl (C=O) groups is 1. The van der Waals surface area contributed by atoms with Gasteiger partial charge in [0.2, 0.25) is 0 Å². The normalized spacial score (nSPS) is 40.4. The molecule has 0 spiro atoms. The monoisotopic (exact) mass is 168 g/mol. The molecule has 3 atom stereocenters. The number of fused-ring (bicyclic) bond motifs is 2. The van der Waals surface area contributed by atoms with Crippen LogP contribution < -0.4 is 0 Å². The Bertz CT molecular complexity index is 222. The average molecular weight is 168 g/mol. The molecule has 3 heteroatoms.